The van der Waals surface area contributed by atoms with Gasteiger partial charge in [0.05, 0.1) is 43.4 Å². The van der Waals surface area contributed by atoms with Crippen molar-refractivity contribution in [2.75, 3.05) is 71.0 Å². The maximum atomic E-state index is 12.8. The van der Waals surface area contributed by atoms with E-state index in [-0.39, 0.29) is 18.3 Å². The van der Waals surface area contributed by atoms with Gasteiger partial charge in [-0.1, -0.05) is 18.2 Å². The Kier molecular flexibility index (Phi) is 12.7. The van der Waals surface area contributed by atoms with Gasteiger partial charge in [0.1, 0.15) is 36.1 Å². The first-order valence-electron chi connectivity index (χ1n) is 16.6. The lowest BCUT2D eigenvalue weighted by molar-refractivity contribution is -0.143. The Balaban J connectivity index is 1.30. The van der Waals surface area contributed by atoms with Crippen molar-refractivity contribution in [1.29, 1.82) is 0 Å². The number of piperidine rings is 1. The second-order valence-corrected chi connectivity index (χ2v) is 13.2. The van der Waals surface area contributed by atoms with E-state index in [1.165, 1.54) is 5.01 Å². The number of esters is 1. The molecule has 3 aromatic carbocycles. The first-order chi connectivity index (χ1) is 23.2. The molecular weight excluding hydrogens is 630 g/mol. The monoisotopic (exact) mass is 679 g/mol. The van der Waals surface area contributed by atoms with Crippen molar-refractivity contribution in [3.05, 3.63) is 70.8 Å². The third-order valence-electron chi connectivity index (χ3n) is 8.63. The molecule has 0 aromatic heterocycles. The van der Waals surface area contributed by atoms with E-state index >= 15 is 0 Å². The van der Waals surface area contributed by atoms with Gasteiger partial charge in [-0.3, -0.25) is 4.79 Å². The number of carbonyl (C=O) groups excluding carboxylic acids is 1. The van der Waals surface area contributed by atoms with Crippen molar-refractivity contribution in [3.8, 4) is 17.2 Å². The number of aryl methyl sites for hydroxylation is 1. The largest absolute Gasteiger partial charge is 0.494 e. The third-order valence-corrected chi connectivity index (χ3v) is 9.74. The summed E-state index contributed by atoms with van der Waals surface area (Å²) in [6.45, 7) is 9.29. The zero-order chi connectivity index (χ0) is 34.0. The minimum absolute atomic E-state index is 0.158. The van der Waals surface area contributed by atoms with Crippen LogP contribution >= 0.6 is 11.9 Å². The maximum absolute atomic E-state index is 12.8. The summed E-state index contributed by atoms with van der Waals surface area (Å²) in [6, 6.07) is 16.1. The molecule has 12 heteroatoms. The highest BCUT2D eigenvalue weighted by Gasteiger charge is 2.25. The molecule has 2 heterocycles. The van der Waals surface area contributed by atoms with E-state index in [2.05, 4.69) is 40.8 Å². The second kappa shape index (κ2) is 17.1. The number of nitrogens with zero attached hydrogens (tertiary/aromatic N) is 2. The summed E-state index contributed by atoms with van der Waals surface area (Å²) in [7, 11) is 3.29. The number of methoxy groups -OCH3 is 1. The van der Waals surface area contributed by atoms with Crippen molar-refractivity contribution in [2.45, 2.75) is 56.6 Å². The highest BCUT2D eigenvalue weighted by atomic mass is 32.2. The number of benzene rings is 3. The number of anilines is 2. The fourth-order valence-electron chi connectivity index (χ4n) is 6.13. The van der Waals surface area contributed by atoms with E-state index in [0.29, 0.717) is 56.2 Å². The molecule has 2 aliphatic heterocycles. The molecule has 11 nitrogen and oxygen atoms in total. The third kappa shape index (κ3) is 9.26. The van der Waals surface area contributed by atoms with Crippen LogP contribution in [0.3, 0.4) is 0 Å². The minimum Gasteiger partial charge on any atom is -0.494 e. The number of nitrogen functional groups attached to an aromatic ring is 1. The summed E-state index contributed by atoms with van der Waals surface area (Å²) >= 11 is 1.67. The number of nitrogens with one attached hydrogen (secondary N) is 1. The van der Waals surface area contributed by atoms with Gasteiger partial charge in [-0.25, -0.2) is 10.1 Å². The van der Waals surface area contributed by atoms with Gasteiger partial charge < -0.3 is 39.7 Å². The van der Waals surface area contributed by atoms with E-state index in [0.717, 1.165) is 71.1 Å². The van der Waals surface area contributed by atoms with Crippen LogP contribution in [-0.2, 0) is 20.8 Å². The topological polar surface area (TPSA) is 134 Å². The van der Waals surface area contributed by atoms with Gasteiger partial charge in [0.25, 0.3) is 0 Å². The van der Waals surface area contributed by atoms with Gasteiger partial charge in [-0.2, -0.15) is 0 Å². The number of hydrazine groups is 1. The lowest BCUT2D eigenvalue weighted by Gasteiger charge is -2.24. The Bertz CT molecular complexity index is 1530. The van der Waals surface area contributed by atoms with E-state index in [1.807, 2.05) is 31.2 Å². The molecule has 48 heavy (non-hydrogen) atoms. The number of hydrogen-bond acceptors (Lipinski definition) is 12. The van der Waals surface area contributed by atoms with Crippen molar-refractivity contribution >= 4 is 29.3 Å². The number of ether oxygens (including phenoxy) is 5. The quantitative estimate of drug-likeness (QED) is 0.0527. The van der Waals surface area contributed by atoms with Crippen molar-refractivity contribution in [3.63, 3.8) is 0 Å². The number of carbonyl (C=O) groups is 1. The maximum Gasteiger partial charge on any atom is 0.306 e. The molecule has 0 spiro atoms. The number of hydrogen-bond donors (Lipinski definition) is 3. The molecule has 0 bridgehead atoms. The van der Waals surface area contributed by atoms with Crippen LogP contribution in [0, 0.1) is 6.92 Å². The average Bonchev–Trinajstić information content (AvgIpc) is 3.28. The van der Waals surface area contributed by atoms with Crippen LogP contribution in [0.25, 0.3) is 0 Å². The van der Waals surface area contributed by atoms with Gasteiger partial charge in [-0.05, 0) is 98.2 Å². The SMILES string of the molecule is CCOC(=O)CC(c1ccc(C)c(CN2CCOc3cc(OCCOC4CCNCC4)ccc3S2)c1)c1cc(N)c(N(C)N)c(OC)c1. The number of rotatable bonds is 14. The fraction of sp³-hybridized carbons (Fsp3) is 0.472. The molecule has 1 atom stereocenters. The second-order valence-electron chi connectivity index (χ2n) is 12.1. The van der Waals surface area contributed by atoms with Crippen molar-refractivity contribution < 1.29 is 28.5 Å². The van der Waals surface area contributed by atoms with Crippen LogP contribution in [0.2, 0.25) is 0 Å². The van der Waals surface area contributed by atoms with Gasteiger partial charge in [0, 0.05) is 32.1 Å². The first-order valence-corrected chi connectivity index (χ1v) is 17.4. The predicted octanol–water partition coefficient (Wildman–Crippen LogP) is 5.03. The molecular formula is C36H49N5O6S. The summed E-state index contributed by atoms with van der Waals surface area (Å²) in [5.41, 5.74) is 11.7. The lowest BCUT2D eigenvalue weighted by atomic mass is 9.86. The molecule has 2 aliphatic rings. The van der Waals surface area contributed by atoms with Gasteiger partial charge in [0.15, 0.2) is 0 Å². The van der Waals surface area contributed by atoms with E-state index < -0.39 is 0 Å². The molecule has 0 aliphatic carbocycles. The minimum atomic E-state index is -0.305. The van der Waals surface area contributed by atoms with Crippen LogP contribution in [0.4, 0.5) is 11.4 Å². The fourth-order valence-corrected chi connectivity index (χ4v) is 7.11. The molecule has 0 amide bonds. The van der Waals surface area contributed by atoms with Crippen LogP contribution in [0.15, 0.2) is 53.4 Å². The zero-order valence-corrected chi connectivity index (χ0v) is 29.3. The number of nitrogens with two attached hydrogens (primary N) is 2. The molecule has 3 aromatic rings. The molecule has 260 valence electrons. The first kappa shape index (κ1) is 35.6. The van der Waals surface area contributed by atoms with E-state index in [9.17, 15) is 4.79 Å². The Morgan fingerprint density at radius 3 is 2.69 bits per heavy atom. The smallest absolute Gasteiger partial charge is 0.306 e. The molecule has 0 saturated carbocycles. The Labute approximate surface area is 288 Å². The van der Waals surface area contributed by atoms with Gasteiger partial charge in [-0.15, -0.1) is 0 Å². The Hall–Kier alpha value is -3.68. The molecule has 1 unspecified atom stereocenters. The van der Waals surface area contributed by atoms with E-state index in [1.54, 1.807) is 26.1 Å². The van der Waals surface area contributed by atoms with Crippen LogP contribution in [0.1, 0.15) is 54.4 Å². The highest BCUT2D eigenvalue weighted by Crippen LogP contribution is 2.41. The van der Waals surface area contributed by atoms with Crippen LogP contribution < -0.4 is 36.1 Å². The van der Waals surface area contributed by atoms with Gasteiger partial charge >= 0.3 is 5.97 Å². The summed E-state index contributed by atoms with van der Waals surface area (Å²) in [4.78, 5) is 13.9. The lowest BCUT2D eigenvalue weighted by Crippen LogP contribution is -2.33. The average molecular weight is 680 g/mol. The van der Waals surface area contributed by atoms with Crippen molar-refractivity contribution in [1.82, 2.24) is 9.62 Å². The van der Waals surface area contributed by atoms with Gasteiger partial charge in [0.2, 0.25) is 0 Å². The molecule has 1 saturated heterocycles. The summed E-state index contributed by atoms with van der Waals surface area (Å²) in [5.74, 6) is 7.58. The standard InChI is InChI=1S/C36H49N5O6S/c1-5-44-35(42)22-30(26-19-31(37)36(40(3)38)33(20-26)43-4)25-7-6-24(2)27(18-25)23-41-14-15-47-32-21-29(8-9-34(32)48-41)46-17-16-45-28-10-12-39-13-11-28/h6-9,18-21,28,30,39H,5,10-17,22-23,37-38H2,1-4H3. The normalized spacial score (nSPS) is 15.9. The predicted molar refractivity (Wildman–Crippen MR) is 190 cm³/mol. The highest BCUT2D eigenvalue weighted by molar-refractivity contribution is 7.97. The zero-order valence-electron chi connectivity index (χ0n) is 28.5. The van der Waals surface area contributed by atoms with Crippen molar-refractivity contribution in [2.24, 2.45) is 5.84 Å². The Morgan fingerprint density at radius 2 is 1.94 bits per heavy atom. The van der Waals surface area contributed by atoms with E-state index in [4.69, 9.17) is 35.3 Å². The molecule has 5 rings (SSSR count). The molecule has 0 radical (unpaired) electrons. The van der Waals surface area contributed by atoms with Crippen LogP contribution in [0.5, 0.6) is 17.2 Å². The summed E-state index contributed by atoms with van der Waals surface area (Å²) in [5, 5.41) is 4.79. The van der Waals surface area contributed by atoms with Crippen LogP contribution in [-0.4, -0.2) is 76.6 Å². The summed E-state index contributed by atoms with van der Waals surface area (Å²) < 4.78 is 31.5. The molecule has 5 N–H and O–H groups in total. The molecule has 1 fully saturated rings. The summed E-state index contributed by atoms with van der Waals surface area (Å²) in [6.07, 6.45) is 2.56. The Morgan fingerprint density at radius 1 is 1.12 bits per heavy atom. The number of fused-ring (bicyclic) bond motifs is 1.